The van der Waals surface area contributed by atoms with Gasteiger partial charge >= 0.3 is 0 Å². The fourth-order valence-electron chi connectivity index (χ4n) is 4.06. The molecule has 1 fully saturated rings. The van der Waals surface area contributed by atoms with Gasteiger partial charge in [0.25, 0.3) is 0 Å². The summed E-state index contributed by atoms with van der Waals surface area (Å²) in [5, 5.41) is 0.560. The van der Waals surface area contributed by atoms with E-state index in [1.165, 1.54) is 0 Å². The van der Waals surface area contributed by atoms with Gasteiger partial charge in [-0.15, -0.1) is 0 Å². The molecule has 4 N–H and O–H groups in total. The number of halogens is 1. The number of hydrogen-bond donors (Lipinski definition) is 2. The molecule has 0 aliphatic heterocycles. The van der Waals surface area contributed by atoms with Crippen LogP contribution in [0.4, 0.5) is 0 Å². The largest absolute Gasteiger partial charge is 0.369 e. The van der Waals surface area contributed by atoms with Crippen molar-refractivity contribution in [3.8, 4) is 0 Å². The lowest BCUT2D eigenvalue weighted by atomic mass is 9.88. The van der Waals surface area contributed by atoms with Crippen molar-refractivity contribution in [3.05, 3.63) is 93.5 Å². The second-order valence-corrected chi connectivity index (χ2v) is 8.80. The summed E-state index contributed by atoms with van der Waals surface area (Å²) in [6.07, 6.45) is 5.35. The van der Waals surface area contributed by atoms with Crippen molar-refractivity contribution in [2.75, 3.05) is 0 Å². The minimum atomic E-state index is -0.496. The summed E-state index contributed by atoms with van der Waals surface area (Å²) in [5.74, 6) is 0.495. The number of amides is 1. The summed E-state index contributed by atoms with van der Waals surface area (Å²) >= 11 is 6.40. The molecule has 4 rings (SSSR count). The Morgan fingerprint density at radius 3 is 2.48 bits per heavy atom. The van der Waals surface area contributed by atoms with E-state index < -0.39 is 5.41 Å². The lowest BCUT2D eigenvalue weighted by molar-refractivity contribution is -0.120. The van der Waals surface area contributed by atoms with Gasteiger partial charge in [0, 0.05) is 18.7 Å². The molecule has 1 aliphatic carbocycles. The number of aryl methyl sites for hydroxylation is 2. The van der Waals surface area contributed by atoms with Crippen LogP contribution < -0.4 is 11.5 Å². The smallest absolute Gasteiger partial charge is 0.228 e. The van der Waals surface area contributed by atoms with Crippen molar-refractivity contribution in [1.82, 2.24) is 9.97 Å². The molecule has 5 nitrogen and oxygen atoms in total. The monoisotopic (exact) mass is 434 g/mol. The minimum absolute atomic E-state index is 0.0136. The van der Waals surface area contributed by atoms with Crippen LogP contribution in [0.1, 0.15) is 59.6 Å². The van der Waals surface area contributed by atoms with Crippen LogP contribution in [-0.2, 0) is 29.5 Å². The zero-order valence-corrected chi connectivity index (χ0v) is 18.4. The van der Waals surface area contributed by atoms with Gasteiger partial charge in [-0.05, 0) is 54.9 Å². The second kappa shape index (κ2) is 8.77. The molecule has 0 spiro atoms. The van der Waals surface area contributed by atoms with Gasteiger partial charge in [0.1, 0.15) is 5.82 Å². The lowest BCUT2D eigenvalue weighted by Crippen LogP contribution is -2.29. The van der Waals surface area contributed by atoms with E-state index in [0.717, 1.165) is 53.0 Å². The van der Waals surface area contributed by atoms with Crippen molar-refractivity contribution in [3.63, 3.8) is 0 Å². The maximum atomic E-state index is 12.0. The molecular weight excluding hydrogens is 408 g/mol. The number of carbonyl (C=O) groups is 1. The van der Waals surface area contributed by atoms with Gasteiger partial charge in [0.2, 0.25) is 5.91 Å². The van der Waals surface area contributed by atoms with Gasteiger partial charge in [0.05, 0.1) is 16.1 Å². The Bertz CT molecular complexity index is 1090. The summed E-state index contributed by atoms with van der Waals surface area (Å²) in [6.45, 7) is 1.97. The molecule has 1 atom stereocenters. The molecule has 160 valence electrons. The maximum Gasteiger partial charge on any atom is 0.228 e. The second-order valence-electron chi connectivity index (χ2n) is 8.39. The highest BCUT2D eigenvalue weighted by molar-refractivity contribution is 6.31. The fraction of sp³-hybridized carbons (Fsp3) is 0.320. The average Bonchev–Trinajstić information content (AvgIpc) is 3.57. The van der Waals surface area contributed by atoms with Crippen LogP contribution in [0.3, 0.4) is 0 Å². The topological polar surface area (TPSA) is 94.9 Å². The lowest BCUT2D eigenvalue weighted by Gasteiger charge is -2.16. The van der Waals surface area contributed by atoms with Crippen molar-refractivity contribution in [2.45, 2.75) is 50.5 Å². The third kappa shape index (κ3) is 4.63. The highest BCUT2D eigenvalue weighted by Crippen LogP contribution is 2.49. The predicted octanol–water partition coefficient (Wildman–Crippen LogP) is 4.04. The number of carbonyl (C=O) groups excluding carboxylic acids is 1. The molecule has 1 saturated carbocycles. The van der Waals surface area contributed by atoms with Crippen LogP contribution in [0, 0.1) is 0 Å². The van der Waals surface area contributed by atoms with E-state index in [1.54, 1.807) is 6.20 Å². The molecule has 1 heterocycles. The van der Waals surface area contributed by atoms with Crippen LogP contribution in [0.5, 0.6) is 0 Å². The van der Waals surface area contributed by atoms with Crippen molar-refractivity contribution < 1.29 is 4.79 Å². The molecule has 3 aromatic rings. The molecule has 1 aromatic heterocycles. The average molecular weight is 435 g/mol. The Morgan fingerprint density at radius 1 is 1.13 bits per heavy atom. The van der Waals surface area contributed by atoms with E-state index in [2.05, 4.69) is 23.2 Å². The molecule has 1 aliphatic rings. The molecule has 1 amide bonds. The summed E-state index contributed by atoms with van der Waals surface area (Å²) in [5.41, 5.74) is 16.3. The van der Waals surface area contributed by atoms with Gasteiger partial charge in [-0.25, -0.2) is 9.97 Å². The van der Waals surface area contributed by atoms with Gasteiger partial charge in [-0.2, -0.15) is 0 Å². The summed E-state index contributed by atoms with van der Waals surface area (Å²) in [4.78, 5) is 21.1. The van der Waals surface area contributed by atoms with Gasteiger partial charge in [0.15, 0.2) is 0 Å². The number of aromatic nitrogens is 2. The first kappa shape index (κ1) is 21.5. The number of hydrogen-bond acceptors (Lipinski definition) is 4. The summed E-state index contributed by atoms with van der Waals surface area (Å²) < 4.78 is 0. The number of primary amides is 1. The highest BCUT2D eigenvalue weighted by atomic mass is 35.5. The zero-order valence-electron chi connectivity index (χ0n) is 17.6. The summed E-state index contributed by atoms with van der Waals surface area (Å²) in [6, 6.07) is 16.3. The van der Waals surface area contributed by atoms with Crippen LogP contribution >= 0.6 is 11.6 Å². The molecule has 0 radical (unpaired) electrons. The first-order valence-electron chi connectivity index (χ1n) is 10.6. The molecule has 0 saturated heterocycles. The van der Waals surface area contributed by atoms with Gasteiger partial charge < -0.3 is 11.5 Å². The van der Waals surface area contributed by atoms with Gasteiger partial charge in [-0.3, -0.25) is 4.79 Å². The Hall–Kier alpha value is -2.76. The number of benzene rings is 2. The maximum absolute atomic E-state index is 12.0. The molecule has 31 heavy (non-hydrogen) atoms. The van der Waals surface area contributed by atoms with Crippen molar-refractivity contribution in [1.29, 1.82) is 0 Å². The number of nitrogens with zero attached hydrogens (tertiary/aromatic N) is 2. The van der Waals surface area contributed by atoms with E-state index in [0.29, 0.717) is 17.9 Å². The van der Waals surface area contributed by atoms with Crippen LogP contribution in [0.2, 0.25) is 5.02 Å². The fourth-order valence-corrected chi connectivity index (χ4v) is 4.24. The van der Waals surface area contributed by atoms with Crippen molar-refractivity contribution >= 4 is 17.5 Å². The van der Waals surface area contributed by atoms with E-state index in [1.807, 2.05) is 37.3 Å². The standard InChI is InChI=1S/C25H27ClN4O/c1-16(27)18-8-6-17(7-9-18)14-23-29-15-21(26)22(30-23)11-10-19-4-2-3-5-20(19)25(12-13-25)24(28)31/h2-9,15-16H,10-14,27H2,1H3,(H2,28,31). The van der Waals surface area contributed by atoms with Crippen molar-refractivity contribution in [2.24, 2.45) is 11.5 Å². The summed E-state index contributed by atoms with van der Waals surface area (Å²) in [7, 11) is 0. The molecular formula is C25H27ClN4O. The van der Waals surface area contributed by atoms with E-state index >= 15 is 0 Å². The third-order valence-electron chi connectivity index (χ3n) is 6.12. The molecule has 6 heteroatoms. The Labute approximate surface area is 187 Å². The minimum Gasteiger partial charge on any atom is -0.369 e. The SMILES string of the molecule is CC(N)c1ccc(Cc2ncc(Cl)c(CCc3ccccc3C3(C(N)=O)CC3)n2)cc1. The van der Waals surface area contributed by atoms with E-state index in [4.69, 9.17) is 28.1 Å². The van der Waals surface area contributed by atoms with Crippen LogP contribution in [0.15, 0.2) is 54.7 Å². The van der Waals surface area contributed by atoms with E-state index in [-0.39, 0.29) is 11.9 Å². The molecule has 2 aromatic carbocycles. The molecule has 1 unspecified atom stereocenters. The van der Waals surface area contributed by atoms with Gasteiger partial charge in [-0.1, -0.05) is 60.1 Å². The Morgan fingerprint density at radius 2 is 1.84 bits per heavy atom. The first-order chi connectivity index (χ1) is 14.9. The van der Waals surface area contributed by atoms with Crippen LogP contribution in [-0.4, -0.2) is 15.9 Å². The normalized spacial score (nSPS) is 15.5. The van der Waals surface area contributed by atoms with Crippen LogP contribution in [0.25, 0.3) is 0 Å². The third-order valence-corrected chi connectivity index (χ3v) is 6.44. The molecule has 0 bridgehead atoms. The quantitative estimate of drug-likeness (QED) is 0.559. The Balaban J connectivity index is 1.50. The number of nitrogens with two attached hydrogens (primary N) is 2. The Kier molecular flexibility index (Phi) is 6.08. The zero-order chi connectivity index (χ0) is 22.0. The van der Waals surface area contributed by atoms with E-state index in [9.17, 15) is 4.79 Å². The highest BCUT2D eigenvalue weighted by Gasteiger charge is 2.50. The predicted molar refractivity (Wildman–Crippen MR) is 123 cm³/mol. The number of rotatable bonds is 8. The first-order valence-corrected chi connectivity index (χ1v) is 11.0.